The highest BCUT2D eigenvalue weighted by Crippen LogP contribution is 2.17. The monoisotopic (exact) mass is 957 g/mol. The second-order valence-electron chi connectivity index (χ2n) is 20.6. The molecule has 0 aliphatic heterocycles. The Balaban J connectivity index is 4.31. The van der Waals surface area contributed by atoms with Crippen LogP contribution in [0.3, 0.4) is 0 Å². The number of hydrogen-bond donors (Lipinski definition) is 0. The van der Waals surface area contributed by atoms with Crippen LogP contribution >= 0.6 is 0 Å². The zero-order valence-electron chi connectivity index (χ0n) is 45.9. The van der Waals surface area contributed by atoms with Crippen LogP contribution in [0.5, 0.6) is 0 Å². The zero-order valence-corrected chi connectivity index (χ0v) is 45.9. The van der Waals surface area contributed by atoms with E-state index in [9.17, 15) is 14.4 Å². The molecule has 0 unspecified atom stereocenters. The van der Waals surface area contributed by atoms with Crippen molar-refractivity contribution < 1.29 is 28.6 Å². The van der Waals surface area contributed by atoms with Crippen molar-refractivity contribution in [3.05, 3.63) is 24.3 Å². The lowest BCUT2D eigenvalue weighted by Gasteiger charge is -2.18. The minimum absolute atomic E-state index is 0.0717. The summed E-state index contributed by atoms with van der Waals surface area (Å²) in [5.41, 5.74) is 0. The average molecular weight is 958 g/mol. The van der Waals surface area contributed by atoms with Gasteiger partial charge in [0.05, 0.1) is 0 Å². The molecule has 0 aromatic rings. The normalized spacial score (nSPS) is 12.1. The molecular weight excluding hydrogens is 841 g/mol. The molecule has 68 heavy (non-hydrogen) atoms. The van der Waals surface area contributed by atoms with Gasteiger partial charge >= 0.3 is 17.9 Å². The van der Waals surface area contributed by atoms with Gasteiger partial charge < -0.3 is 14.2 Å². The Hall–Kier alpha value is -2.11. The first kappa shape index (κ1) is 65.9. The van der Waals surface area contributed by atoms with Gasteiger partial charge in [0.2, 0.25) is 0 Å². The third-order valence-electron chi connectivity index (χ3n) is 13.7. The molecule has 0 spiro atoms. The fourth-order valence-corrected chi connectivity index (χ4v) is 9.08. The maximum absolute atomic E-state index is 12.9. The van der Waals surface area contributed by atoms with Gasteiger partial charge in [0.25, 0.3) is 0 Å². The summed E-state index contributed by atoms with van der Waals surface area (Å²) in [7, 11) is 0. The highest BCUT2D eigenvalue weighted by atomic mass is 16.6. The van der Waals surface area contributed by atoms with Gasteiger partial charge in [0, 0.05) is 19.3 Å². The summed E-state index contributed by atoms with van der Waals surface area (Å²) < 4.78 is 16.9. The minimum Gasteiger partial charge on any atom is -0.462 e. The maximum Gasteiger partial charge on any atom is 0.306 e. The van der Waals surface area contributed by atoms with Crippen molar-refractivity contribution >= 4 is 17.9 Å². The van der Waals surface area contributed by atoms with Gasteiger partial charge in [0.15, 0.2) is 6.10 Å². The summed E-state index contributed by atoms with van der Waals surface area (Å²) in [5.74, 6) is -0.862. The van der Waals surface area contributed by atoms with E-state index in [1.807, 2.05) is 0 Å². The number of esters is 3. The molecule has 0 bridgehead atoms. The van der Waals surface area contributed by atoms with E-state index in [-0.39, 0.29) is 31.1 Å². The van der Waals surface area contributed by atoms with Crippen molar-refractivity contribution in [1.82, 2.24) is 0 Å². The van der Waals surface area contributed by atoms with E-state index in [4.69, 9.17) is 14.2 Å². The van der Waals surface area contributed by atoms with Gasteiger partial charge in [-0.2, -0.15) is 0 Å². The topological polar surface area (TPSA) is 78.9 Å². The first-order chi connectivity index (χ1) is 33.5. The van der Waals surface area contributed by atoms with Gasteiger partial charge in [0.1, 0.15) is 13.2 Å². The number of hydrogen-bond acceptors (Lipinski definition) is 6. The van der Waals surface area contributed by atoms with Crippen LogP contribution in [0.4, 0.5) is 0 Å². The molecule has 0 rings (SSSR count). The third kappa shape index (κ3) is 54.8. The number of rotatable bonds is 56. The van der Waals surface area contributed by atoms with E-state index in [1.54, 1.807) is 0 Å². The van der Waals surface area contributed by atoms with E-state index in [2.05, 4.69) is 45.1 Å². The van der Waals surface area contributed by atoms with Crippen LogP contribution in [0, 0.1) is 0 Å². The fourth-order valence-electron chi connectivity index (χ4n) is 9.08. The van der Waals surface area contributed by atoms with Crippen LogP contribution in [0.1, 0.15) is 335 Å². The van der Waals surface area contributed by atoms with Crippen LogP contribution in [-0.2, 0) is 28.6 Å². The molecular formula is C62H116O6. The van der Waals surface area contributed by atoms with Gasteiger partial charge in [-0.05, 0) is 70.6 Å². The molecule has 0 saturated carbocycles. The van der Waals surface area contributed by atoms with Gasteiger partial charge in [-0.15, -0.1) is 0 Å². The molecule has 0 saturated heterocycles. The highest BCUT2D eigenvalue weighted by Gasteiger charge is 2.19. The average Bonchev–Trinajstić information content (AvgIpc) is 3.34. The lowest BCUT2D eigenvalue weighted by molar-refractivity contribution is -0.167. The molecule has 1 atom stereocenters. The Morgan fingerprint density at radius 2 is 0.485 bits per heavy atom. The van der Waals surface area contributed by atoms with Crippen molar-refractivity contribution in [1.29, 1.82) is 0 Å². The third-order valence-corrected chi connectivity index (χ3v) is 13.7. The van der Waals surface area contributed by atoms with E-state index in [0.717, 1.165) is 64.2 Å². The summed E-state index contributed by atoms with van der Waals surface area (Å²) in [6.45, 7) is 6.67. The summed E-state index contributed by atoms with van der Waals surface area (Å²) >= 11 is 0. The molecule has 0 aromatic heterocycles. The molecule has 0 radical (unpaired) electrons. The molecule has 0 aliphatic carbocycles. The van der Waals surface area contributed by atoms with Gasteiger partial charge in [-0.3, -0.25) is 14.4 Å². The number of carbonyl (C=O) groups excluding carboxylic acids is 3. The summed E-state index contributed by atoms with van der Waals surface area (Å²) in [6, 6.07) is 0. The van der Waals surface area contributed by atoms with Crippen LogP contribution in [0.2, 0.25) is 0 Å². The number of unbranched alkanes of at least 4 members (excludes halogenated alkanes) is 41. The quantitative estimate of drug-likeness (QED) is 0.0262. The fraction of sp³-hybridized carbons (Fsp3) is 0.887. The second-order valence-corrected chi connectivity index (χ2v) is 20.6. The van der Waals surface area contributed by atoms with Crippen molar-refractivity contribution in [3.8, 4) is 0 Å². The first-order valence-electron chi connectivity index (χ1n) is 30.3. The lowest BCUT2D eigenvalue weighted by atomic mass is 10.0. The van der Waals surface area contributed by atoms with Crippen molar-refractivity contribution in [3.63, 3.8) is 0 Å². The Labute approximate surface area is 423 Å². The molecule has 6 heteroatoms. The van der Waals surface area contributed by atoms with Crippen molar-refractivity contribution in [2.45, 2.75) is 341 Å². The number of carbonyl (C=O) groups is 3. The molecule has 0 aliphatic rings. The van der Waals surface area contributed by atoms with Gasteiger partial charge in [-0.1, -0.05) is 270 Å². The summed E-state index contributed by atoms with van der Waals surface area (Å²) in [6.07, 6.45) is 67.4. The molecule has 0 fully saturated rings. The smallest absolute Gasteiger partial charge is 0.306 e. The van der Waals surface area contributed by atoms with E-state index in [0.29, 0.717) is 19.3 Å². The molecule has 0 N–H and O–H groups in total. The second kappa shape index (κ2) is 57.5. The zero-order chi connectivity index (χ0) is 49.3. The minimum atomic E-state index is -0.773. The van der Waals surface area contributed by atoms with Crippen molar-refractivity contribution in [2.24, 2.45) is 0 Å². The van der Waals surface area contributed by atoms with Crippen LogP contribution in [0.15, 0.2) is 24.3 Å². The largest absolute Gasteiger partial charge is 0.462 e. The molecule has 6 nitrogen and oxygen atoms in total. The van der Waals surface area contributed by atoms with Crippen LogP contribution in [0.25, 0.3) is 0 Å². The summed E-state index contributed by atoms with van der Waals surface area (Å²) in [4.78, 5) is 38.2. The molecule has 0 heterocycles. The van der Waals surface area contributed by atoms with Crippen LogP contribution in [-0.4, -0.2) is 37.2 Å². The first-order valence-corrected chi connectivity index (χ1v) is 30.3. The Bertz CT molecular complexity index is 1100. The Morgan fingerprint density at radius 1 is 0.279 bits per heavy atom. The predicted molar refractivity (Wildman–Crippen MR) is 293 cm³/mol. The Morgan fingerprint density at radius 3 is 0.750 bits per heavy atom. The van der Waals surface area contributed by atoms with Gasteiger partial charge in [-0.25, -0.2) is 0 Å². The highest BCUT2D eigenvalue weighted by molar-refractivity contribution is 5.71. The summed E-state index contributed by atoms with van der Waals surface area (Å²) in [5, 5.41) is 0. The Kier molecular flexibility index (Phi) is 55.7. The SMILES string of the molecule is CCCCCC/C=C\CCCCCCCC(=O)OC[C@H](COC(=O)CCCCCCCCC/C=C\CCCCCCCCCC)OC(=O)CCCCCCCCCCCCCCCCCCCC. The number of allylic oxidation sites excluding steroid dienone is 4. The molecule has 0 aromatic carbocycles. The number of ether oxygens (including phenoxy) is 3. The molecule has 400 valence electrons. The predicted octanol–water partition coefficient (Wildman–Crippen LogP) is 20.3. The van der Waals surface area contributed by atoms with E-state index < -0.39 is 6.10 Å². The molecule has 0 amide bonds. The van der Waals surface area contributed by atoms with E-state index >= 15 is 0 Å². The van der Waals surface area contributed by atoms with E-state index in [1.165, 1.54) is 231 Å². The maximum atomic E-state index is 12.9. The van der Waals surface area contributed by atoms with Crippen molar-refractivity contribution in [2.75, 3.05) is 13.2 Å². The van der Waals surface area contributed by atoms with Crippen LogP contribution < -0.4 is 0 Å². The lowest BCUT2D eigenvalue weighted by Crippen LogP contribution is -2.30. The standard InChI is InChI=1S/C62H116O6/c1-4-7-10-13-16-19-22-25-27-29-31-33-34-37-40-43-46-49-52-55-61(64)67-58-59(57-66-60(63)54-51-48-45-42-39-36-24-21-18-15-12-9-6-3)68-62(65)56-53-50-47-44-41-38-35-32-30-28-26-23-20-17-14-11-8-5-2/h21,24,29,31,59H,4-20,22-23,25-28,30,32-58H2,1-3H3/b24-21-,31-29-/t59-/m1/s1.